The monoisotopic (exact) mass is 438 g/mol. The van der Waals surface area contributed by atoms with Gasteiger partial charge in [-0.15, -0.1) is 0 Å². The van der Waals surface area contributed by atoms with E-state index in [0.717, 1.165) is 22.5 Å². The molecule has 0 aliphatic carbocycles. The van der Waals surface area contributed by atoms with Gasteiger partial charge >= 0.3 is 0 Å². The maximum atomic E-state index is 14.6. The number of pyridine rings is 1. The molecule has 0 spiro atoms. The lowest BCUT2D eigenvalue weighted by atomic mass is 10.0. The summed E-state index contributed by atoms with van der Waals surface area (Å²) in [7, 11) is 1.97. The van der Waals surface area contributed by atoms with Crippen molar-refractivity contribution in [1.29, 1.82) is 0 Å². The molecule has 5 heterocycles. The first-order chi connectivity index (χ1) is 16.1. The van der Waals surface area contributed by atoms with Crippen LogP contribution in [-0.4, -0.2) is 34.7 Å². The van der Waals surface area contributed by atoms with Gasteiger partial charge in [-0.2, -0.15) is 5.10 Å². The highest BCUT2D eigenvalue weighted by Gasteiger charge is 2.22. The SMILES string of the molecule is Cc1ncc(-c2cnc3n[nH]c(-c4nc5c([nH]4)C(c4ccccc4F)=CC=CN5)c3c2)n1C. The maximum Gasteiger partial charge on any atom is 0.181 e. The largest absolute Gasteiger partial charge is 0.345 e. The summed E-state index contributed by atoms with van der Waals surface area (Å²) < 4.78 is 16.6. The van der Waals surface area contributed by atoms with Crippen LogP contribution in [0.2, 0.25) is 0 Å². The molecule has 6 rings (SSSR count). The van der Waals surface area contributed by atoms with Crippen LogP contribution < -0.4 is 5.32 Å². The second-order valence-electron chi connectivity index (χ2n) is 7.82. The minimum Gasteiger partial charge on any atom is -0.345 e. The van der Waals surface area contributed by atoms with E-state index >= 15 is 0 Å². The van der Waals surface area contributed by atoms with E-state index in [1.807, 2.05) is 49.0 Å². The Labute approximate surface area is 187 Å². The van der Waals surface area contributed by atoms with Crippen molar-refractivity contribution in [3.8, 4) is 22.8 Å². The van der Waals surface area contributed by atoms with E-state index in [1.165, 1.54) is 6.07 Å². The zero-order valence-corrected chi connectivity index (χ0v) is 17.9. The van der Waals surface area contributed by atoms with Crippen LogP contribution in [0.5, 0.6) is 0 Å². The number of nitrogens with one attached hydrogen (secondary N) is 3. The number of anilines is 1. The smallest absolute Gasteiger partial charge is 0.181 e. The number of aryl methyl sites for hydroxylation is 1. The highest BCUT2D eigenvalue weighted by molar-refractivity contribution is 5.93. The molecule has 0 amide bonds. The molecule has 0 saturated heterocycles. The molecule has 5 aromatic rings. The van der Waals surface area contributed by atoms with Gasteiger partial charge in [-0.3, -0.25) is 5.10 Å². The predicted octanol–water partition coefficient (Wildman–Crippen LogP) is 4.57. The average molecular weight is 438 g/mol. The molecule has 1 aliphatic heterocycles. The van der Waals surface area contributed by atoms with Crippen LogP contribution in [0.25, 0.3) is 39.4 Å². The molecule has 0 fully saturated rings. The first kappa shape index (κ1) is 19.2. The van der Waals surface area contributed by atoms with Crippen molar-refractivity contribution in [2.45, 2.75) is 6.92 Å². The fourth-order valence-corrected chi connectivity index (χ4v) is 4.04. The van der Waals surface area contributed by atoms with Gasteiger partial charge in [0.15, 0.2) is 17.3 Å². The van der Waals surface area contributed by atoms with E-state index in [9.17, 15) is 4.39 Å². The maximum absolute atomic E-state index is 14.6. The third-order valence-corrected chi connectivity index (χ3v) is 5.88. The topological polar surface area (TPSA) is 100 Å². The van der Waals surface area contributed by atoms with Crippen molar-refractivity contribution < 1.29 is 4.39 Å². The Morgan fingerprint density at radius 3 is 2.76 bits per heavy atom. The third kappa shape index (κ3) is 3.05. The van der Waals surface area contributed by atoms with Crippen molar-refractivity contribution in [2.24, 2.45) is 7.05 Å². The number of nitrogens with zero attached hydrogens (tertiary/aromatic N) is 5. The van der Waals surface area contributed by atoms with Crippen LogP contribution in [0.3, 0.4) is 0 Å². The number of aromatic amines is 2. The molecule has 9 heteroatoms. The minimum absolute atomic E-state index is 0.298. The first-order valence-electron chi connectivity index (χ1n) is 10.4. The zero-order chi connectivity index (χ0) is 22.5. The van der Waals surface area contributed by atoms with Gasteiger partial charge < -0.3 is 14.9 Å². The van der Waals surface area contributed by atoms with Gasteiger partial charge in [-0.05, 0) is 25.1 Å². The third-order valence-electron chi connectivity index (χ3n) is 5.88. The second-order valence-corrected chi connectivity index (χ2v) is 7.82. The van der Waals surface area contributed by atoms with Crippen molar-refractivity contribution in [3.05, 3.63) is 84.0 Å². The summed E-state index contributed by atoms with van der Waals surface area (Å²) in [5.74, 6) is 1.79. The molecule has 4 aromatic heterocycles. The summed E-state index contributed by atoms with van der Waals surface area (Å²) in [6.07, 6.45) is 9.07. The van der Waals surface area contributed by atoms with Crippen LogP contribution >= 0.6 is 0 Å². The standard InChI is InChI=1S/C24H19FN8/c1-13-27-12-19(33(13)2)14-10-17-21(31-32-22(17)28-11-14)24-29-20-16(7-5-9-26-23(20)30-24)15-6-3-4-8-18(15)25/h3-12,26H,1-2H3,(H,29,30)(H,28,31,32). The van der Waals surface area contributed by atoms with E-state index in [1.54, 1.807) is 24.5 Å². The molecule has 1 aliphatic rings. The van der Waals surface area contributed by atoms with Gasteiger partial charge in [0.2, 0.25) is 0 Å². The number of hydrogen-bond acceptors (Lipinski definition) is 5. The number of halogens is 1. The van der Waals surface area contributed by atoms with Gasteiger partial charge in [0.25, 0.3) is 0 Å². The number of aromatic nitrogens is 7. The molecule has 162 valence electrons. The molecule has 0 radical (unpaired) electrons. The van der Waals surface area contributed by atoms with Crippen molar-refractivity contribution in [3.63, 3.8) is 0 Å². The van der Waals surface area contributed by atoms with E-state index in [0.29, 0.717) is 39.8 Å². The fourth-order valence-electron chi connectivity index (χ4n) is 4.04. The van der Waals surface area contributed by atoms with Gasteiger partial charge in [-0.25, -0.2) is 19.3 Å². The Morgan fingerprint density at radius 2 is 1.94 bits per heavy atom. The van der Waals surface area contributed by atoms with E-state index in [4.69, 9.17) is 4.98 Å². The van der Waals surface area contributed by atoms with Crippen molar-refractivity contribution in [1.82, 2.24) is 34.7 Å². The molecular formula is C24H19FN8. The Hall–Kier alpha value is -4.53. The van der Waals surface area contributed by atoms with Gasteiger partial charge in [0.1, 0.15) is 17.3 Å². The number of rotatable bonds is 3. The second kappa shape index (κ2) is 7.27. The zero-order valence-electron chi connectivity index (χ0n) is 17.9. The lowest BCUT2D eigenvalue weighted by Crippen LogP contribution is -1.95. The Balaban J connectivity index is 1.49. The average Bonchev–Trinajstić information content (AvgIpc) is 3.48. The summed E-state index contributed by atoms with van der Waals surface area (Å²) in [6, 6.07) is 8.71. The molecular weight excluding hydrogens is 419 g/mol. The van der Waals surface area contributed by atoms with Gasteiger partial charge in [-0.1, -0.05) is 24.3 Å². The Bertz CT molecular complexity index is 1580. The van der Waals surface area contributed by atoms with Crippen LogP contribution in [0.15, 0.2) is 61.1 Å². The number of allylic oxidation sites excluding steroid dienone is 2. The minimum atomic E-state index is -0.298. The number of H-pyrrole nitrogens is 2. The summed E-state index contributed by atoms with van der Waals surface area (Å²) in [5.41, 5.74) is 5.05. The molecule has 8 nitrogen and oxygen atoms in total. The van der Waals surface area contributed by atoms with Crippen LogP contribution in [-0.2, 0) is 7.05 Å². The molecule has 0 bridgehead atoms. The van der Waals surface area contributed by atoms with Crippen molar-refractivity contribution >= 4 is 22.4 Å². The number of hydrogen-bond donors (Lipinski definition) is 3. The predicted molar refractivity (Wildman–Crippen MR) is 125 cm³/mol. The van der Waals surface area contributed by atoms with Crippen LogP contribution in [0.1, 0.15) is 17.1 Å². The molecule has 0 unspecified atom stereocenters. The lowest BCUT2D eigenvalue weighted by molar-refractivity contribution is 0.624. The molecule has 0 atom stereocenters. The van der Waals surface area contributed by atoms with Gasteiger partial charge in [0, 0.05) is 36.1 Å². The van der Waals surface area contributed by atoms with Crippen LogP contribution in [0, 0.1) is 12.7 Å². The molecule has 1 aromatic carbocycles. The van der Waals surface area contributed by atoms with E-state index in [-0.39, 0.29) is 5.82 Å². The normalized spacial score (nSPS) is 13.0. The van der Waals surface area contributed by atoms with E-state index < -0.39 is 0 Å². The highest BCUT2D eigenvalue weighted by atomic mass is 19.1. The Morgan fingerprint density at radius 1 is 1.06 bits per heavy atom. The molecule has 0 saturated carbocycles. The molecule has 33 heavy (non-hydrogen) atoms. The number of imidazole rings is 2. The highest BCUT2D eigenvalue weighted by Crippen LogP contribution is 2.35. The first-order valence-corrected chi connectivity index (χ1v) is 10.4. The molecule has 3 N–H and O–H groups in total. The summed E-state index contributed by atoms with van der Waals surface area (Å²) in [5, 5.41) is 11.4. The van der Waals surface area contributed by atoms with Crippen LogP contribution in [0.4, 0.5) is 10.2 Å². The fraction of sp³-hybridized carbons (Fsp3) is 0.0833. The van der Waals surface area contributed by atoms with E-state index in [2.05, 4.69) is 30.5 Å². The summed E-state index contributed by atoms with van der Waals surface area (Å²) in [4.78, 5) is 17.0. The summed E-state index contributed by atoms with van der Waals surface area (Å²) in [6.45, 7) is 1.96. The number of benzene rings is 1. The number of fused-ring (bicyclic) bond motifs is 2. The summed E-state index contributed by atoms with van der Waals surface area (Å²) >= 11 is 0. The Kier molecular flexibility index (Phi) is 4.22. The quantitative estimate of drug-likeness (QED) is 0.383. The van der Waals surface area contributed by atoms with Gasteiger partial charge in [0.05, 0.1) is 23.0 Å². The lowest BCUT2D eigenvalue weighted by Gasteiger charge is -2.07. The van der Waals surface area contributed by atoms with Crippen molar-refractivity contribution in [2.75, 3.05) is 5.32 Å².